The first kappa shape index (κ1) is 19.3. The standard InChI is InChI=1S/C20H15F4N3O/c21-17-7-2-1-4-13(17)10-19(28)27-16-8-9-18(25-12-16)26-15-6-3-5-14(11-15)20(22,23)24/h1-9,11-12H,10H2,(H,25,26)(H,27,28). The fraction of sp³-hybridized carbons (Fsp3) is 0.100. The Morgan fingerprint density at radius 3 is 2.43 bits per heavy atom. The molecule has 2 N–H and O–H groups in total. The van der Waals surface area contributed by atoms with Crippen molar-refractivity contribution in [3.05, 3.63) is 83.8 Å². The molecule has 0 saturated heterocycles. The van der Waals surface area contributed by atoms with E-state index in [1.165, 1.54) is 42.6 Å². The van der Waals surface area contributed by atoms with Crippen LogP contribution in [0.5, 0.6) is 0 Å². The Morgan fingerprint density at radius 2 is 1.75 bits per heavy atom. The van der Waals surface area contributed by atoms with Gasteiger partial charge < -0.3 is 10.6 Å². The van der Waals surface area contributed by atoms with Gasteiger partial charge >= 0.3 is 6.18 Å². The van der Waals surface area contributed by atoms with Crippen molar-refractivity contribution >= 4 is 23.1 Å². The Balaban J connectivity index is 1.62. The maximum Gasteiger partial charge on any atom is 0.416 e. The summed E-state index contributed by atoms with van der Waals surface area (Å²) in [6.45, 7) is 0. The molecule has 3 aromatic rings. The van der Waals surface area contributed by atoms with Crippen molar-refractivity contribution in [2.75, 3.05) is 10.6 Å². The number of alkyl halides is 3. The van der Waals surface area contributed by atoms with Crippen LogP contribution in [0.1, 0.15) is 11.1 Å². The minimum Gasteiger partial charge on any atom is -0.340 e. The van der Waals surface area contributed by atoms with E-state index in [1.54, 1.807) is 12.1 Å². The number of hydrogen-bond acceptors (Lipinski definition) is 3. The lowest BCUT2D eigenvalue weighted by Crippen LogP contribution is -2.15. The van der Waals surface area contributed by atoms with Gasteiger partial charge in [0.1, 0.15) is 11.6 Å². The summed E-state index contributed by atoms with van der Waals surface area (Å²) in [5.74, 6) is -0.562. The van der Waals surface area contributed by atoms with Crippen molar-refractivity contribution in [2.24, 2.45) is 0 Å². The van der Waals surface area contributed by atoms with Gasteiger partial charge in [0, 0.05) is 5.69 Å². The molecular weight excluding hydrogens is 374 g/mol. The van der Waals surface area contributed by atoms with Crippen LogP contribution in [0, 0.1) is 5.82 Å². The van der Waals surface area contributed by atoms with Crippen LogP contribution in [0.3, 0.4) is 0 Å². The lowest BCUT2D eigenvalue weighted by Gasteiger charge is -2.11. The molecule has 144 valence electrons. The number of nitrogens with one attached hydrogen (secondary N) is 2. The van der Waals surface area contributed by atoms with Crippen LogP contribution in [-0.2, 0) is 17.4 Å². The van der Waals surface area contributed by atoms with E-state index >= 15 is 0 Å². The second kappa shape index (κ2) is 8.08. The second-order valence-electron chi connectivity index (χ2n) is 5.95. The van der Waals surface area contributed by atoms with Gasteiger partial charge in [-0.2, -0.15) is 13.2 Å². The number of nitrogens with zero attached hydrogens (tertiary/aromatic N) is 1. The normalized spacial score (nSPS) is 11.1. The minimum absolute atomic E-state index is 0.128. The van der Waals surface area contributed by atoms with Gasteiger partial charge in [-0.3, -0.25) is 4.79 Å². The Hall–Kier alpha value is -3.42. The molecule has 0 aliphatic rings. The summed E-state index contributed by atoms with van der Waals surface area (Å²) in [5, 5.41) is 5.36. The van der Waals surface area contributed by atoms with E-state index in [2.05, 4.69) is 15.6 Å². The molecule has 1 amide bonds. The Labute approximate surface area is 158 Å². The minimum atomic E-state index is -4.43. The van der Waals surface area contributed by atoms with Gasteiger partial charge in [-0.05, 0) is 42.0 Å². The summed E-state index contributed by atoms with van der Waals surface area (Å²) in [4.78, 5) is 16.1. The molecule has 0 aliphatic heterocycles. The van der Waals surface area contributed by atoms with Gasteiger partial charge in [0.05, 0.1) is 23.9 Å². The number of benzene rings is 2. The predicted octanol–water partition coefficient (Wildman–Crippen LogP) is 5.16. The Bertz CT molecular complexity index is 972. The highest BCUT2D eigenvalue weighted by Crippen LogP contribution is 2.31. The first-order chi connectivity index (χ1) is 13.3. The number of carbonyl (C=O) groups excluding carboxylic acids is 1. The van der Waals surface area contributed by atoms with Crippen LogP contribution < -0.4 is 10.6 Å². The Morgan fingerprint density at radius 1 is 0.964 bits per heavy atom. The molecule has 0 unspecified atom stereocenters. The first-order valence-corrected chi connectivity index (χ1v) is 8.25. The molecule has 0 bridgehead atoms. The van der Waals surface area contributed by atoms with Gasteiger partial charge in [-0.15, -0.1) is 0 Å². The van der Waals surface area contributed by atoms with Crippen LogP contribution in [0.15, 0.2) is 66.9 Å². The first-order valence-electron chi connectivity index (χ1n) is 8.25. The number of anilines is 3. The lowest BCUT2D eigenvalue weighted by molar-refractivity contribution is -0.137. The molecule has 0 radical (unpaired) electrons. The van der Waals surface area contributed by atoms with E-state index in [0.717, 1.165) is 12.1 Å². The van der Waals surface area contributed by atoms with Gasteiger partial charge in [-0.25, -0.2) is 9.37 Å². The molecule has 0 spiro atoms. The van der Waals surface area contributed by atoms with E-state index in [9.17, 15) is 22.4 Å². The third kappa shape index (κ3) is 5.06. The maximum absolute atomic E-state index is 13.6. The molecule has 0 aliphatic carbocycles. The van der Waals surface area contributed by atoms with Crippen molar-refractivity contribution in [3.8, 4) is 0 Å². The van der Waals surface area contributed by atoms with Crippen LogP contribution >= 0.6 is 0 Å². The highest BCUT2D eigenvalue weighted by molar-refractivity contribution is 5.92. The number of carbonyl (C=O) groups is 1. The van der Waals surface area contributed by atoms with E-state index in [-0.39, 0.29) is 17.7 Å². The van der Waals surface area contributed by atoms with E-state index < -0.39 is 23.5 Å². The average Bonchev–Trinajstić information content (AvgIpc) is 2.65. The van der Waals surface area contributed by atoms with Crippen molar-refractivity contribution < 1.29 is 22.4 Å². The van der Waals surface area contributed by atoms with Crippen molar-refractivity contribution in [1.82, 2.24) is 4.98 Å². The number of rotatable bonds is 5. The summed E-state index contributed by atoms with van der Waals surface area (Å²) in [6.07, 6.45) is -3.20. The quantitative estimate of drug-likeness (QED) is 0.593. The topological polar surface area (TPSA) is 54.0 Å². The van der Waals surface area contributed by atoms with Crippen molar-refractivity contribution in [3.63, 3.8) is 0 Å². The molecule has 28 heavy (non-hydrogen) atoms. The molecule has 8 heteroatoms. The zero-order valence-electron chi connectivity index (χ0n) is 14.4. The molecule has 4 nitrogen and oxygen atoms in total. The number of halogens is 4. The van der Waals surface area contributed by atoms with Crippen LogP contribution in [0.2, 0.25) is 0 Å². The largest absolute Gasteiger partial charge is 0.416 e. The van der Waals surface area contributed by atoms with E-state index in [4.69, 9.17) is 0 Å². The summed E-state index contributed by atoms with van der Waals surface area (Å²) in [6, 6.07) is 13.8. The Kier molecular flexibility index (Phi) is 5.58. The molecule has 0 fully saturated rings. The fourth-order valence-electron chi connectivity index (χ4n) is 2.48. The van der Waals surface area contributed by atoms with Gasteiger partial charge in [0.2, 0.25) is 5.91 Å². The number of amides is 1. The zero-order chi connectivity index (χ0) is 20.1. The highest BCUT2D eigenvalue weighted by atomic mass is 19.4. The molecule has 1 heterocycles. The van der Waals surface area contributed by atoms with Gasteiger partial charge in [0.15, 0.2) is 0 Å². The SMILES string of the molecule is O=C(Cc1ccccc1F)Nc1ccc(Nc2cccc(C(F)(F)F)c2)nc1. The molecule has 3 rings (SSSR count). The fourth-order valence-corrected chi connectivity index (χ4v) is 2.48. The molecular formula is C20H15F4N3O. The summed E-state index contributed by atoms with van der Waals surface area (Å²) in [7, 11) is 0. The lowest BCUT2D eigenvalue weighted by atomic mass is 10.1. The molecule has 0 atom stereocenters. The number of pyridine rings is 1. The highest BCUT2D eigenvalue weighted by Gasteiger charge is 2.30. The third-order valence-corrected chi connectivity index (χ3v) is 3.82. The maximum atomic E-state index is 13.6. The predicted molar refractivity (Wildman–Crippen MR) is 97.7 cm³/mol. The molecule has 2 aromatic carbocycles. The molecule has 0 saturated carbocycles. The van der Waals surface area contributed by atoms with Crippen molar-refractivity contribution in [1.29, 1.82) is 0 Å². The number of aromatic nitrogens is 1. The summed E-state index contributed by atoms with van der Waals surface area (Å²) in [5.41, 5.74) is 0.125. The van der Waals surface area contributed by atoms with Crippen LogP contribution in [0.4, 0.5) is 34.8 Å². The summed E-state index contributed by atoms with van der Waals surface area (Å²) < 4.78 is 51.8. The monoisotopic (exact) mass is 389 g/mol. The van der Waals surface area contributed by atoms with Crippen LogP contribution in [-0.4, -0.2) is 10.9 Å². The second-order valence-corrected chi connectivity index (χ2v) is 5.95. The van der Waals surface area contributed by atoms with E-state index in [0.29, 0.717) is 11.5 Å². The van der Waals surface area contributed by atoms with Gasteiger partial charge in [-0.1, -0.05) is 24.3 Å². The average molecular weight is 389 g/mol. The van der Waals surface area contributed by atoms with Gasteiger partial charge in [0.25, 0.3) is 0 Å². The number of hydrogen-bond donors (Lipinski definition) is 2. The molecule has 1 aromatic heterocycles. The zero-order valence-corrected chi connectivity index (χ0v) is 14.4. The third-order valence-electron chi connectivity index (χ3n) is 3.82. The summed E-state index contributed by atoms with van der Waals surface area (Å²) >= 11 is 0. The van der Waals surface area contributed by atoms with Crippen LogP contribution in [0.25, 0.3) is 0 Å². The van der Waals surface area contributed by atoms with Crippen molar-refractivity contribution in [2.45, 2.75) is 12.6 Å². The smallest absolute Gasteiger partial charge is 0.340 e. The van der Waals surface area contributed by atoms with E-state index in [1.807, 2.05) is 0 Å².